The van der Waals surface area contributed by atoms with Crippen LogP contribution in [0, 0.1) is 13.8 Å². The van der Waals surface area contributed by atoms with Crippen LogP contribution in [-0.4, -0.2) is 48.3 Å². The van der Waals surface area contributed by atoms with Crippen molar-refractivity contribution < 1.29 is 28.7 Å². The number of benzene rings is 2. The maximum absolute atomic E-state index is 14.1. The van der Waals surface area contributed by atoms with Gasteiger partial charge in [0.15, 0.2) is 5.69 Å². The van der Waals surface area contributed by atoms with Gasteiger partial charge in [-0.15, -0.1) is 0 Å². The molecule has 5 N–H and O–H groups in total. The minimum Gasteiger partial charge on any atom is -0.497 e. The van der Waals surface area contributed by atoms with E-state index in [0.29, 0.717) is 28.5 Å². The third-order valence-electron chi connectivity index (χ3n) is 5.86. The number of hydrogen-bond donors (Lipinski definition) is 3. The first-order chi connectivity index (χ1) is 18.1. The van der Waals surface area contributed by atoms with Gasteiger partial charge in [-0.05, 0) is 67.2 Å². The molecule has 1 heterocycles. The summed E-state index contributed by atoms with van der Waals surface area (Å²) in [6.07, 6.45) is 0. The summed E-state index contributed by atoms with van der Waals surface area (Å²) in [5.41, 5.74) is 13.5. The normalized spacial score (nSPS) is 11.4. The number of ether oxygens (including phenoxy) is 2. The van der Waals surface area contributed by atoms with E-state index < -0.39 is 36.3 Å². The van der Waals surface area contributed by atoms with Crippen LogP contribution < -0.4 is 26.4 Å². The number of nitrogens with zero attached hydrogens (tertiary/aromatic N) is 2. The molecule has 0 saturated heterocycles. The van der Waals surface area contributed by atoms with Crippen LogP contribution in [0.25, 0.3) is 0 Å². The Bertz CT molecular complexity index is 1350. The van der Waals surface area contributed by atoms with Gasteiger partial charge in [-0.25, -0.2) is 0 Å². The fraction of sp³-hybridized carbons (Fsp3) is 0.269. The molecule has 2 aromatic carbocycles. The van der Waals surface area contributed by atoms with Gasteiger partial charge in [0, 0.05) is 5.69 Å². The lowest BCUT2D eigenvalue weighted by Gasteiger charge is -2.32. The third kappa shape index (κ3) is 5.92. The van der Waals surface area contributed by atoms with Crippen molar-refractivity contribution in [3.63, 3.8) is 0 Å². The zero-order chi connectivity index (χ0) is 28.0. The zero-order valence-corrected chi connectivity index (χ0v) is 22.3. The Hall–Kier alpha value is -4.45. The molecule has 3 aromatic rings. The number of hydrogen-bond acceptors (Lipinski definition) is 9. The van der Waals surface area contributed by atoms with E-state index >= 15 is 0 Å². The summed E-state index contributed by atoms with van der Waals surface area (Å²) in [6.45, 7) is 5.09. The van der Waals surface area contributed by atoms with Crippen molar-refractivity contribution >= 4 is 46.6 Å². The predicted octanol–water partition coefficient (Wildman–Crippen LogP) is 2.52. The largest absolute Gasteiger partial charge is 0.497 e. The molecular formula is C26H29N5O6S. The fourth-order valence-electron chi connectivity index (χ4n) is 3.77. The first kappa shape index (κ1) is 28.1. The number of rotatable bonds is 10. The molecule has 1 aromatic heterocycles. The van der Waals surface area contributed by atoms with Crippen molar-refractivity contribution in [2.45, 2.75) is 26.8 Å². The summed E-state index contributed by atoms with van der Waals surface area (Å²) in [5, 5.41) is 2.57. The molecule has 0 saturated carbocycles. The first-order valence-corrected chi connectivity index (χ1v) is 12.4. The molecule has 0 unspecified atom stereocenters. The molecule has 11 nitrogen and oxygen atoms in total. The number of nitrogens with two attached hydrogens (primary N) is 2. The highest BCUT2D eigenvalue weighted by Crippen LogP contribution is 2.36. The quantitative estimate of drug-likeness (QED) is 0.330. The standard InChI is InChI=1S/C26H29N5O6S/c1-5-37-19(32)13-29-25(34)22(16-9-11-17(36-4)12-10-16)31(18-8-6-7-14(2)15(18)3)26(35)23-20(27)21(24(28)33)30-38-23/h6-12,22H,5,13,27H2,1-4H3,(H2,28,33)(H,29,34)/t22-/m0/s1. The summed E-state index contributed by atoms with van der Waals surface area (Å²) in [4.78, 5) is 52.8. The molecule has 3 amide bonds. The Labute approximate surface area is 223 Å². The van der Waals surface area contributed by atoms with Gasteiger partial charge in [-0.3, -0.25) is 24.1 Å². The molecule has 38 heavy (non-hydrogen) atoms. The fourth-order valence-corrected chi connectivity index (χ4v) is 4.52. The van der Waals surface area contributed by atoms with Crippen LogP contribution in [0.4, 0.5) is 11.4 Å². The van der Waals surface area contributed by atoms with Crippen LogP contribution in [-0.2, 0) is 14.3 Å². The lowest BCUT2D eigenvalue weighted by molar-refractivity contribution is -0.143. The molecule has 3 rings (SSSR count). The van der Waals surface area contributed by atoms with Gasteiger partial charge >= 0.3 is 5.97 Å². The average Bonchev–Trinajstić information content (AvgIpc) is 3.29. The molecule has 0 radical (unpaired) electrons. The number of methoxy groups -OCH3 is 1. The van der Waals surface area contributed by atoms with Gasteiger partial charge in [-0.2, -0.15) is 4.37 Å². The number of carbonyl (C=O) groups is 4. The summed E-state index contributed by atoms with van der Waals surface area (Å²) in [7, 11) is 1.51. The Kier molecular flexibility index (Phi) is 9.02. The van der Waals surface area contributed by atoms with Gasteiger partial charge < -0.3 is 26.3 Å². The molecule has 0 aliphatic carbocycles. The Morgan fingerprint density at radius 2 is 1.79 bits per heavy atom. The van der Waals surface area contributed by atoms with Crippen LogP contribution in [0.15, 0.2) is 42.5 Å². The summed E-state index contributed by atoms with van der Waals surface area (Å²) in [6, 6.07) is 10.7. The SMILES string of the molecule is CCOC(=O)CNC(=O)[C@H](c1ccc(OC)cc1)N(C(=O)c1snc(C(N)=O)c1N)c1cccc(C)c1C. The second-order valence-corrected chi connectivity index (χ2v) is 9.00. The summed E-state index contributed by atoms with van der Waals surface area (Å²) in [5.74, 6) is -2.28. The van der Waals surface area contributed by atoms with Crippen LogP contribution >= 0.6 is 11.5 Å². The van der Waals surface area contributed by atoms with Gasteiger partial charge in [-0.1, -0.05) is 24.3 Å². The number of carbonyl (C=O) groups excluding carboxylic acids is 4. The van der Waals surface area contributed by atoms with E-state index in [1.54, 1.807) is 43.3 Å². The van der Waals surface area contributed by atoms with E-state index in [1.807, 2.05) is 19.9 Å². The van der Waals surface area contributed by atoms with Crippen molar-refractivity contribution in [3.05, 3.63) is 69.7 Å². The minimum atomic E-state index is -1.25. The predicted molar refractivity (Wildman–Crippen MR) is 143 cm³/mol. The number of nitrogen functional groups attached to an aromatic ring is 1. The number of aryl methyl sites for hydroxylation is 1. The van der Waals surface area contributed by atoms with Crippen molar-refractivity contribution in [1.82, 2.24) is 9.69 Å². The Morgan fingerprint density at radius 3 is 2.37 bits per heavy atom. The maximum atomic E-state index is 14.1. The minimum absolute atomic E-state index is 0.0589. The highest BCUT2D eigenvalue weighted by Gasteiger charge is 2.37. The summed E-state index contributed by atoms with van der Waals surface area (Å²) >= 11 is 0.708. The number of primary amides is 1. The third-order valence-corrected chi connectivity index (χ3v) is 6.71. The topological polar surface area (TPSA) is 167 Å². The monoisotopic (exact) mass is 539 g/mol. The smallest absolute Gasteiger partial charge is 0.325 e. The van der Waals surface area contributed by atoms with E-state index in [1.165, 1.54) is 12.0 Å². The number of aromatic nitrogens is 1. The van der Waals surface area contributed by atoms with Crippen LogP contribution in [0.3, 0.4) is 0 Å². The number of esters is 1. The molecule has 0 aliphatic heterocycles. The summed E-state index contributed by atoms with van der Waals surface area (Å²) < 4.78 is 14.1. The van der Waals surface area contributed by atoms with E-state index in [-0.39, 0.29) is 22.9 Å². The van der Waals surface area contributed by atoms with E-state index in [0.717, 1.165) is 11.1 Å². The molecule has 0 fully saturated rings. The zero-order valence-electron chi connectivity index (χ0n) is 21.4. The average molecular weight is 540 g/mol. The van der Waals surface area contributed by atoms with Crippen molar-refractivity contribution in [2.75, 3.05) is 30.9 Å². The second kappa shape index (κ2) is 12.2. The second-order valence-electron chi connectivity index (χ2n) is 8.23. The molecule has 12 heteroatoms. The highest BCUT2D eigenvalue weighted by molar-refractivity contribution is 7.09. The number of anilines is 2. The molecule has 0 bridgehead atoms. The van der Waals surface area contributed by atoms with Gasteiger partial charge in [0.2, 0.25) is 5.91 Å². The van der Waals surface area contributed by atoms with Crippen LogP contribution in [0.2, 0.25) is 0 Å². The van der Waals surface area contributed by atoms with Gasteiger partial charge in [0.25, 0.3) is 11.8 Å². The van der Waals surface area contributed by atoms with Crippen molar-refractivity contribution in [2.24, 2.45) is 5.73 Å². The van der Waals surface area contributed by atoms with Crippen LogP contribution in [0.5, 0.6) is 5.75 Å². The number of amides is 3. The molecule has 0 aliphatic rings. The molecular weight excluding hydrogens is 510 g/mol. The highest BCUT2D eigenvalue weighted by atomic mass is 32.1. The lowest BCUT2D eigenvalue weighted by Crippen LogP contribution is -2.45. The van der Waals surface area contributed by atoms with E-state index in [2.05, 4.69) is 9.69 Å². The number of nitrogens with one attached hydrogen (secondary N) is 1. The van der Waals surface area contributed by atoms with Gasteiger partial charge in [0.05, 0.1) is 19.4 Å². The Balaban J connectivity index is 2.21. The van der Waals surface area contributed by atoms with Crippen LogP contribution in [0.1, 0.15) is 49.8 Å². The lowest BCUT2D eigenvalue weighted by atomic mass is 9.99. The maximum Gasteiger partial charge on any atom is 0.325 e. The van der Waals surface area contributed by atoms with E-state index in [9.17, 15) is 19.2 Å². The molecule has 200 valence electrons. The van der Waals surface area contributed by atoms with Gasteiger partial charge in [0.1, 0.15) is 23.2 Å². The Morgan fingerprint density at radius 1 is 1.11 bits per heavy atom. The van der Waals surface area contributed by atoms with Crippen molar-refractivity contribution in [3.8, 4) is 5.75 Å². The molecule has 1 atom stereocenters. The molecule has 0 spiro atoms. The van der Waals surface area contributed by atoms with E-state index in [4.69, 9.17) is 20.9 Å². The van der Waals surface area contributed by atoms with Crippen molar-refractivity contribution in [1.29, 1.82) is 0 Å². The first-order valence-electron chi connectivity index (χ1n) is 11.6.